The Labute approximate surface area is 91.9 Å². The second-order valence-corrected chi connectivity index (χ2v) is 4.12. The summed E-state index contributed by atoms with van der Waals surface area (Å²) in [5, 5.41) is 19.4. The lowest BCUT2D eigenvalue weighted by atomic mass is 9.78. The van der Waals surface area contributed by atoms with Gasteiger partial charge in [0, 0.05) is 18.9 Å². The molecule has 4 unspecified atom stereocenters. The highest BCUT2D eigenvalue weighted by Gasteiger charge is 2.47. The molecule has 0 saturated carbocycles. The SMILES string of the molecule is COC1CC(C#N)(CBr)C(O)C(C)O1. The van der Waals surface area contributed by atoms with Gasteiger partial charge in [-0.3, -0.25) is 0 Å². The van der Waals surface area contributed by atoms with Crippen LogP contribution in [-0.2, 0) is 9.47 Å². The van der Waals surface area contributed by atoms with Gasteiger partial charge < -0.3 is 14.6 Å². The first-order chi connectivity index (χ1) is 6.59. The van der Waals surface area contributed by atoms with Crippen molar-refractivity contribution in [2.45, 2.75) is 31.8 Å². The number of ether oxygens (including phenoxy) is 2. The van der Waals surface area contributed by atoms with E-state index in [1.165, 1.54) is 7.11 Å². The number of hydrogen-bond donors (Lipinski definition) is 1. The third-order valence-corrected chi connectivity index (χ3v) is 3.63. The van der Waals surface area contributed by atoms with Crippen LogP contribution < -0.4 is 0 Å². The first-order valence-corrected chi connectivity index (χ1v) is 5.55. The molecule has 1 heterocycles. The van der Waals surface area contributed by atoms with Gasteiger partial charge in [0.15, 0.2) is 6.29 Å². The number of halogens is 1. The minimum Gasteiger partial charge on any atom is -0.389 e. The molecule has 4 nitrogen and oxygen atoms in total. The third kappa shape index (κ3) is 1.94. The van der Waals surface area contributed by atoms with Crippen LogP contribution in [0.25, 0.3) is 0 Å². The normalized spacial score (nSPS) is 43.2. The van der Waals surface area contributed by atoms with Gasteiger partial charge in [0.2, 0.25) is 0 Å². The lowest BCUT2D eigenvalue weighted by Crippen LogP contribution is -2.52. The zero-order valence-corrected chi connectivity index (χ0v) is 9.82. The summed E-state index contributed by atoms with van der Waals surface area (Å²) in [6.45, 7) is 1.74. The second kappa shape index (κ2) is 4.58. The van der Waals surface area contributed by atoms with E-state index in [9.17, 15) is 5.11 Å². The molecule has 1 N–H and O–H groups in total. The van der Waals surface area contributed by atoms with Gasteiger partial charge in [0.1, 0.15) is 5.41 Å². The molecule has 80 valence electrons. The lowest BCUT2D eigenvalue weighted by Gasteiger charge is -2.41. The van der Waals surface area contributed by atoms with Crippen LogP contribution in [0.3, 0.4) is 0 Å². The molecule has 1 aliphatic rings. The Morgan fingerprint density at radius 1 is 1.79 bits per heavy atom. The fraction of sp³-hybridized carbons (Fsp3) is 0.889. The molecule has 1 fully saturated rings. The molecule has 0 amide bonds. The molecule has 5 heteroatoms. The fourth-order valence-corrected chi connectivity index (χ4v) is 2.33. The Bertz CT molecular complexity index is 243. The van der Waals surface area contributed by atoms with Crippen LogP contribution in [0.2, 0.25) is 0 Å². The van der Waals surface area contributed by atoms with E-state index in [-0.39, 0.29) is 6.10 Å². The highest BCUT2D eigenvalue weighted by molar-refractivity contribution is 9.09. The highest BCUT2D eigenvalue weighted by Crippen LogP contribution is 2.38. The quantitative estimate of drug-likeness (QED) is 0.757. The van der Waals surface area contributed by atoms with Gasteiger partial charge in [-0.15, -0.1) is 0 Å². The molecule has 0 aliphatic carbocycles. The van der Waals surface area contributed by atoms with E-state index in [0.29, 0.717) is 11.8 Å². The van der Waals surface area contributed by atoms with Crippen molar-refractivity contribution in [2.75, 3.05) is 12.4 Å². The van der Waals surface area contributed by atoms with Crippen LogP contribution in [-0.4, -0.2) is 36.0 Å². The summed E-state index contributed by atoms with van der Waals surface area (Å²) in [6, 6.07) is 2.15. The van der Waals surface area contributed by atoms with Crippen molar-refractivity contribution in [3.63, 3.8) is 0 Å². The highest BCUT2D eigenvalue weighted by atomic mass is 79.9. The van der Waals surface area contributed by atoms with Crippen molar-refractivity contribution >= 4 is 15.9 Å². The fourth-order valence-electron chi connectivity index (χ4n) is 1.64. The van der Waals surface area contributed by atoms with Crippen molar-refractivity contribution in [2.24, 2.45) is 5.41 Å². The maximum atomic E-state index is 9.87. The van der Waals surface area contributed by atoms with E-state index in [1.807, 2.05) is 0 Å². The van der Waals surface area contributed by atoms with E-state index in [0.717, 1.165) is 0 Å². The summed E-state index contributed by atoms with van der Waals surface area (Å²) in [6.07, 6.45) is -1.19. The molecular weight excluding hydrogens is 250 g/mol. The number of nitrogens with zero attached hydrogens (tertiary/aromatic N) is 1. The molecule has 1 aliphatic heterocycles. The first-order valence-electron chi connectivity index (χ1n) is 4.43. The summed E-state index contributed by atoms with van der Waals surface area (Å²) in [4.78, 5) is 0. The maximum absolute atomic E-state index is 9.87. The zero-order chi connectivity index (χ0) is 10.8. The molecule has 0 aromatic carbocycles. The van der Waals surface area contributed by atoms with Gasteiger partial charge in [-0.2, -0.15) is 5.26 Å². The molecule has 1 saturated heterocycles. The average Bonchev–Trinajstić information content (AvgIpc) is 2.22. The van der Waals surface area contributed by atoms with Gasteiger partial charge in [-0.25, -0.2) is 0 Å². The molecule has 0 spiro atoms. The lowest BCUT2D eigenvalue weighted by molar-refractivity contribution is -0.234. The number of alkyl halides is 1. The summed E-state index contributed by atoms with van der Waals surface area (Å²) >= 11 is 3.26. The van der Waals surface area contributed by atoms with Crippen LogP contribution in [0.5, 0.6) is 0 Å². The van der Waals surface area contributed by atoms with Gasteiger partial charge in [-0.05, 0) is 6.92 Å². The molecule has 0 aromatic heterocycles. The van der Waals surface area contributed by atoms with Crippen LogP contribution in [0.1, 0.15) is 13.3 Å². The van der Waals surface area contributed by atoms with Crippen molar-refractivity contribution in [3.8, 4) is 6.07 Å². The molecule has 0 aromatic rings. The summed E-state index contributed by atoms with van der Waals surface area (Å²) in [5.74, 6) is 0. The monoisotopic (exact) mass is 263 g/mol. The van der Waals surface area contributed by atoms with E-state index < -0.39 is 17.8 Å². The Morgan fingerprint density at radius 2 is 2.43 bits per heavy atom. The van der Waals surface area contributed by atoms with Crippen LogP contribution >= 0.6 is 15.9 Å². The minimum absolute atomic E-state index is 0.383. The zero-order valence-electron chi connectivity index (χ0n) is 8.24. The molecule has 4 atom stereocenters. The van der Waals surface area contributed by atoms with E-state index in [4.69, 9.17) is 14.7 Å². The standard InChI is InChI=1S/C9H14BrNO3/c1-6-8(12)9(4-10,5-11)3-7(13-2)14-6/h6-8,12H,3-4H2,1-2H3. The number of methoxy groups -OCH3 is 1. The van der Waals surface area contributed by atoms with Crippen LogP contribution in [0.15, 0.2) is 0 Å². The largest absolute Gasteiger partial charge is 0.389 e. The summed E-state index contributed by atoms with van der Waals surface area (Å²) < 4.78 is 10.4. The molecule has 0 bridgehead atoms. The predicted molar refractivity (Wildman–Crippen MR) is 53.8 cm³/mol. The van der Waals surface area contributed by atoms with E-state index in [2.05, 4.69) is 22.0 Å². The minimum atomic E-state index is -0.807. The van der Waals surface area contributed by atoms with E-state index >= 15 is 0 Å². The van der Waals surface area contributed by atoms with Crippen LogP contribution in [0.4, 0.5) is 0 Å². The van der Waals surface area contributed by atoms with Crippen molar-refractivity contribution < 1.29 is 14.6 Å². The second-order valence-electron chi connectivity index (χ2n) is 3.56. The predicted octanol–water partition coefficient (Wildman–Crippen LogP) is 1.03. The number of aliphatic hydroxyl groups is 1. The Balaban J connectivity index is 2.87. The molecule has 0 radical (unpaired) electrons. The molecular formula is C9H14BrNO3. The Hall–Kier alpha value is -0.150. The summed E-state index contributed by atoms with van der Waals surface area (Å²) in [5.41, 5.74) is -0.807. The van der Waals surface area contributed by atoms with Crippen molar-refractivity contribution in [3.05, 3.63) is 0 Å². The topological polar surface area (TPSA) is 62.5 Å². The van der Waals surface area contributed by atoms with Crippen molar-refractivity contribution in [1.29, 1.82) is 5.26 Å². The third-order valence-electron chi connectivity index (χ3n) is 2.63. The molecule has 14 heavy (non-hydrogen) atoms. The Morgan fingerprint density at radius 3 is 2.86 bits per heavy atom. The summed E-state index contributed by atoms with van der Waals surface area (Å²) in [7, 11) is 1.53. The maximum Gasteiger partial charge on any atom is 0.159 e. The van der Waals surface area contributed by atoms with E-state index in [1.54, 1.807) is 6.92 Å². The average molecular weight is 264 g/mol. The first kappa shape index (κ1) is 11.9. The Kier molecular flexibility index (Phi) is 3.90. The van der Waals surface area contributed by atoms with Gasteiger partial charge in [0.25, 0.3) is 0 Å². The number of nitriles is 1. The van der Waals surface area contributed by atoms with Gasteiger partial charge >= 0.3 is 0 Å². The molecule has 1 rings (SSSR count). The number of rotatable bonds is 2. The van der Waals surface area contributed by atoms with Gasteiger partial charge in [0.05, 0.1) is 18.3 Å². The number of hydrogen-bond acceptors (Lipinski definition) is 4. The van der Waals surface area contributed by atoms with Crippen LogP contribution in [0, 0.1) is 16.7 Å². The smallest absolute Gasteiger partial charge is 0.159 e. The van der Waals surface area contributed by atoms with Gasteiger partial charge in [-0.1, -0.05) is 15.9 Å². The number of aliphatic hydroxyl groups excluding tert-OH is 1. The van der Waals surface area contributed by atoms with Crippen molar-refractivity contribution in [1.82, 2.24) is 0 Å².